The molecule has 2 N–H and O–H groups in total. The molecule has 1 heterocycles. The summed E-state index contributed by atoms with van der Waals surface area (Å²) in [6.45, 7) is 5.09. The second kappa shape index (κ2) is 10.6. The zero-order chi connectivity index (χ0) is 23.3. The van der Waals surface area contributed by atoms with Gasteiger partial charge in [0.1, 0.15) is 5.75 Å². The summed E-state index contributed by atoms with van der Waals surface area (Å²) in [5.74, 6) is 0.541. The molecular weight excluding hydrogens is 418 g/mol. The van der Waals surface area contributed by atoms with Crippen LogP contribution in [0.4, 0.5) is 5.69 Å². The first-order chi connectivity index (χ1) is 16.0. The van der Waals surface area contributed by atoms with E-state index >= 15 is 0 Å². The predicted molar refractivity (Wildman–Crippen MR) is 128 cm³/mol. The Kier molecular flexibility index (Phi) is 7.58. The molecular formula is C26H37N3O4. The van der Waals surface area contributed by atoms with E-state index in [4.69, 9.17) is 15.2 Å². The fourth-order valence-corrected chi connectivity index (χ4v) is 5.39. The van der Waals surface area contributed by atoms with E-state index in [1.807, 2.05) is 24.3 Å². The molecule has 1 saturated carbocycles. The van der Waals surface area contributed by atoms with E-state index in [0.717, 1.165) is 63.4 Å². The largest absolute Gasteiger partial charge is 0.495 e. The Hall–Kier alpha value is -2.54. The molecule has 1 aromatic rings. The molecule has 1 aliphatic heterocycles. The average molecular weight is 456 g/mol. The summed E-state index contributed by atoms with van der Waals surface area (Å²) in [4.78, 5) is 29.7. The number of carbonyl (C=O) groups excluding carboxylic acids is 2. The van der Waals surface area contributed by atoms with Crippen LogP contribution in [0.25, 0.3) is 0 Å². The van der Waals surface area contributed by atoms with Gasteiger partial charge in [-0.25, -0.2) is 0 Å². The molecule has 0 radical (unpaired) electrons. The van der Waals surface area contributed by atoms with Crippen LogP contribution < -0.4 is 15.4 Å². The van der Waals surface area contributed by atoms with E-state index in [1.54, 1.807) is 7.11 Å². The van der Waals surface area contributed by atoms with Gasteiger partial charge in [0.05, 0.1) is 18.7 Å². The molecule has 0 aromatic heterocycles. The number of para-hydroxylation sites is 2. The molecule has 1 saturated heterocycles. The SMILES string of the molecule is COc1ccccc1N1CCN(CCC2CCC(OC(=O)C3CC=CC3)(C(N)=O)CC2)CC1. The lowest BCUT2D eigenvalue weighted by atomic mass is 9.77. The molecule has 7 nitrogen and oxygen atoms in total. The van der Waals surface area contributed by atoms with Crippen molar-refractivity contribution in [2.24, 2.45) is 17.6 Å². The van der Waals surface area contributed by atoms with Crippen LogP contribution >= 0.6 is 0 Å². The zero-order valence-electron chi connectivity index (χ0n) is 19.7. The van der Waals surface area contributed by atoms with Crippen molar-refractivity contribution in [2.45, 2.75) is 50.5 Å². The number of hydrogen-bond acceptors (Lipinski definition) is 6. The normalized spacial score (nSPS) is 26.3. The molecule has 2 aliphatic carbocycles. The third kappa shape index (κ3) is 5.52. The van der Waals surface area contributed by atoms with Gasteiger partial charge in [0.25, 0.3) is 5.91 Å². The Labute approximate surface area is 196 Å². The number of piperazine rings is 1. The smallest absolute Gasteiger partial charge is 0.310 e. The first-order valence-corrected chi connectivity index (χ1v) is 12.3. The van der Waals surface area contributed by atoms with Crippen molar-refractivity contribution in [3.63, 3.8) is 0 Å². The number of hydrogen-bond donors (Lipinski definition) is 1. The van der Waals surface area contributed by atoms with E-state index in [1.165, 1.54) is 0 Å². The number of nitrogens with zero attached hydrogens (tertiary/aromatic N) is 2. The minimum Gasteiger partial charge on any atom is -0.495 e. The van der Waals surface area contributed by atoms with Gasteiger partial charge in [0.2, 0.25) is 0 Å². The summed E-state index contributed by atoms with van der Waals surface area (Å²) in [7, 11) is 1.72. The minimum atomic E-state index is -1.11. The van der Waals surface area contributed by atoms with Crippen molar-refractivity contribution in [1.29, 1.82) is 0 Å². The number of rotatable bonds is 8. The Morgan fingerprint density at radius 2 is 1.73 bits per heavy atom. The second-order valence-electron chi connectivity index (χ2n) is 9.65. The van der Waals surface area contributed by atoms with Crippen molar-refractivity contribution in [2.75, 3.05) is 44.7 Å². The number of anilines is 1. The van der Waals surface area contributed by atoms with Crippen molar-refractivity contribution >= 4 is 17.6 Å². The van der Waals surface area contributed by atoms with Crippen LogP contribution in [0.1, 0.15) is 44.9 Å². The third-order valence-electron chi connectivity index (χ3n) is 7.65. The first kappa shape index (κ1) is 23.6. The van der Waals surface area contributed by atoms with Gasteiger partial charge in [-0.05, 0) is 69.5 Å². The number of allylic oxidation sites excluding steroid dienone is 2. The lowest BCUT2D eigenvalue weighted by Gasteiger charge is -2.39. The van der Waals surface area contributed by atoms with E-state index in [-0.39, 0.29) is 11.9 Å². The highest BCUT2D eigenvalue weighted by molar-refractivity contribution is 5.87. The number of primary amides is 1. The van der Waals surface area contributed by atoms with Crippen molar-refractivity contribution < 1.29 is 19.1 Å². The summed E-state index contributed by atoms with van der Waals surface area (Å²) in [5.41, 5.74) is 5.76. The fourth-order valence-electron chi connectivity index (χ4n) is 5.39. The van der Waals surface area contributed by atoms with Gasteiger partial charge < -0.3 is 20.1 Å². The van der Waals surface area contributed by atoms with Crippen LogP contribution in [0.2, 0.25) is 0 Å². The van der Waals surface area contributed by atoms with Crippen LogP contribution in [0.5, 0.6) is 5.75 Å². The summed E-state index contributed by atoms with van der Waals surface area (Å²) in [6, 6.07) is 8.19. The number of benzene rings is 1. The van der Waals surface area contributed by atoms with Crippen LogP contribution in [0, 0.1) is 11.8 Å². The molecule has 1 amide bonds. The lowest BCUT2D eigenvalue weighted by molar-refractivity contribution is -0.175. The van der Waals surface area contributed by atoms with Crippen LogP contribution in [-0.2, 0) is 14.3 Å². The highest BCUT2D eigenvalue weighted by Gasteiger charge is 2.45. The molecule has 0 atom stereocenters. The van der Waals surface area contributed by atoms with E-state index < -0.39 is 11.5 Å². The lowest BCUT2D eigenvalue weighted by Crippen LogP contribution is -2.51. The average Bonchev–Trinajstić information content (AvgIpc) is 3.39. The zero-order valence-corrected chi connectivity index (χ0v) is 19.7. The van der Waals surface area contributed by atoms with Crippen molar-refractivity contribution in [3.8, 4) is 5.75 Å². The third-order valence-corrected chi connectivity index (χ3v) is 7.65. The van der Waals surface area contributed by atoms with Crippen LogP contribution in [0.3, 0.4) is 0 Å². The monoisotopic (exact) mass is 455 g/mol. The Bertz CT molecular complexity index is 847. The molecule has 0 spiro atoms. The van der Waals surface area contributed by atoms with Gasteiger partial charge in [0, 0.05) is 26.2 Å². The van der Waals surface area contributed by atoms with Crippen molar-refractivity contribution in [3.05, 3.63) is 36.4 Å². The first-order valence-electron chi connectivity index (χ1n) is 12.3. The van der Waals surface area contributed by atoms with Gasteiger partial charge in [-0.15, -0.1) is 0 Å². The van der Waals surface area contributed by atoms with E-state index in [2.05, 4.69) is 21.9 Å². The van der Waals surface area contributed by atoms with Gasteiger partial charge in [-0.2, -0.15) is 0 Å². The van der Waals surface area contributed by atoms with Gasteiger partial charge in [0.15, 0.2) is 5.60 Å². The second-order valence-corrected chi connectivity index (χ2v) is 9.65. The van der Waals surface area contributed by atoms with Gasteiger partial charge in [-0.3, -0.25) is 14.5 Å². The maximum atomic E-state index is 12.5. The number of amides is 1. The standard InChI is InChI=1S/C26H37N3O4/c1-32-23-9-5-4-8-22(23)29-18-16-28(17-19-29)15-12-20-10-13-26(14-11-20,25(27)31)33-24(30)21-6-2-3-7-21/h2-5,8-9,20-21H,6-7,10-19H2,1H3,(H2,27,31). The maximum absolute atomic E-state index is 12.5. The molecule has 1 aromatic carbocycles. The number of nitrogens with two attached hydrogens (primary N) is 1. The quantitative estimate of drug-likeness (QED) is 0.479. The number of ether oxygens (including phenoxy) is 2. The predicted octanol–water partition coefficient (Wildman–Crippen LogP) is 3.13. The summed E-state index contributed by atoms with van der Waals surface area (Å²) in [6.07, 6.45) is 9.32. The number of esters is 1. The Balaban J connectivity index is 1.21. The summed E-state index contributed by atoms with van der Waals surface area (Å²) >= 11 is 0. The molecule has 33 heavy (non-hydrogen) atoms. The van der Waals surface area contributed by atoms with Crippen LogP contribution in [-0.4, -0.2) is 62.2 Å². The topological polar surface area (TPSA) is 85.1 Å². The molecule has 0 unspecified atom stereocenters. The summed E-state index contributed by atoms with van der Waals surface area (Å²) < 4.78 is 11.3. The van der Waals surface area contributed by atoms with E-state index in [9.17, 15) is 9.59 Å². The molecule has 7 heteroatoms. The molecule has 2 fully saturated rings. The molecule has 0 bridgehead atoms. The van der Waals surface area contributed by atoms with Crippen LogP contribution in [0.15, 0.2) is 36.4 Å². The number of methoxy groups -OCH3 is 1. The fraction of sp³-hybridized carbons (Fsp3) is 0.615. The highest BCUT2D eigenvalue weighted by Crippen LogP contribution is 2.38. The van der Waals surface area contributed by atoms with Gasteiger partial charge >= 0.3 is 5.97 Å². The number of carbonyl (C=O) groups is 2. The summed E-state index contributed by atoms with van der Waals surface area (Å²) in [5, 5.41) is 0. The highest BCUT2D eigenvalue weighted by atomic mass is 16.6. The Morgan fingerprint density at radius 1 is 1.06 bits per heavy atom. The molecule has 180 valence electrons. The minimum absolute atomic E-state index is 0.159. The molecule has 3 aliphatic rings. The Morgan fingerprint density at radius 3 is 2.36 bits per heavy atom. The maximum Gasteiger partial charge on any atom is 0.310 e. The molecule has 4 rings (SSSR count). The van der Waals surface area contributed by atoms with Gasteiger partial charge in [-0.1, -0.05) is 24.3 Å². The van der Waals surface area contributed by atoms with Crippen molar-refractivity contribution in [1.82, 2.24) is 4.90 Å². The van der Waals surface area contributed by atoms with E-state index in [0.29, 0.717) is 31.6 Å².